The Morgan fingerprint density at radius 1 is 0.909 bits per heavy atom. The number of fused-ring (bicyclic) bond motifs is 2. The van der Waals surface area contributed by atoms with Gasteiger partial charge in [0.2, 0.25) is 0 Å². The Morgan fingerprint density at radius 2 is 1.55 bits per heavy atom. The summed E-state index contributed by atoms with van der Waals surface area (Å²) in [6.45, 7) is -0.0592. The molecule has 0 aliphatic carbocycles. The molecule has 3 aliphatic heterocycles. The van der Waals surface area contributed by atoms with E-state index in [1.165, 1.54) is 6.07 Å². The average Bonchev–Trinajstić information content (AvgIpc) is 3.10. The van der Waals surface area contributed by atoms with Gasteiger partial charge in [0, 0.05) is 0 Å². The Morgan fingerprint density at radius 3 is 2.14 bits per heavy atom. The molecule has 0 bridgehead atoms. The Hall–Kier alpha value is -3.22. The van der Waals surface area contributed by atoms with E-state index >= 15 is 0 Å². The molecule has 0 atom stereocenters. The van der Waals surface area contributed by atoms with Crippen molar-refractivity contribution in [1.82, 2.24) is 14.9 Å². The van der Waals surface area contributed by atoms with Gasteiger partial charge in [0.15, 0.2) is 0 Å². The SMILES string of the molecule is O=C1c2ccccc2C(=O)N1Cc1cc2nc(=O)c(=O)c-2n1. The molecular weight excluding hydrogens is 286 g/mol. The highest BCUT2D eigenvalue weighted by Crippen LogP contribution is 2.25. The minimum atomic E-state index is -0.843. The maximum atomic E-state index is 12.2. The summed E-state index contributed by atoms with van der Waals surface area (Å²) in [4.78, 5) is 55.7. The van der Waals surface area contributed by atoms with Gasteiger partial charge in [0.05, 0.1) is 29.1 Å². The van der Waals surface area contributed by atoms with Crippen LogP contribution in [0.25, 0.3) is 11.4 Å². The number of rotatable bonds is 2. The maximum Gasteiger partial charge on any atom is 0.320 e. The first-order chi connectivity index (χ1) is 10.6. The van der Waals surface area contributed by atoms with Crippen molar-refractivity contribution >= 4 is 11.8 Å². The van der Waals surface area contributed by atoms with Gasteiger partial charge in [-0.3, -0.25) is 24.1 Å². The number of carbonyl (C=O) groups excluding carboxylic acids is 2. The highest BCUT2D eigenvalue weighted by atomic mass is 16.2. The molecule has 0 fully saturated rings. The number of hydrogen-bond donors (Lipinski definition) is 0. The minimum Gasteiger partial charge on any atom is -0.281 e. The van der Waals surface area contributed by atoms with Crippen LogP contribution in [0.5, 0.6) is 0 Å². The zero-order valence-electron chi connectivity index (χ0n) is 11.1. The molecule has 106 valence electrons. The van der Waals surface area contributed by atoms with E-state index in [0.29, 0.717) is 16.8 Å². The zero-order chi connectivity index (χ0) is 15.4. The summed E-state index contributed by atoms with van der Waals surface area (Å²) in [6.07, 6.45) is 0. The normalized spacial score (nSPS) is 14.1. The van der Waals surface area contributed by atoms with E-state index in [2.05, 4.69) is 9.97 Å². The van der Waals surface area contributed by atoms with Gasteiger partial charge in [0.1, 0.15) is 5.69 Å². The number of aromatic nitrogens is 2. The average molecular weight is 293 g/mol. The fraction of sp³-hybridized carbons (Fsp3) is 0.0667. The molecule has 3 heterocycles. The molecular formula is C15H7N3O4. The van der Waals surface area contributed by atoms with E-state index < -0.39 is 22.8 Å². The molecule has 0 spiro atoms. The molecule has 1 aromatic rings. The Bertz CT molecular complexity index is 965. The predicted octanol–water partition coefficient (Wildman–Crippen LogP) is -0.0264. The van der Waals surface area contributed by atoms with Gasteiger partial charge in [-0.1, -0.05) is 12.1 Å². The molecule has 7 nitrogen and oxygen atoms in total. The van der Waals surface area contributed by atoms with E-state index in [1.807, 2.05) is 0 Å². The summed E-state index contributed by atoms with van der Waals surface area (Å²) >= 11 is 0. The molecule has 0 unspecified atom stereocenters. The monoisotopic (exact) mass is 293 g/mol. The lowest BCUT2D eigenvalue weighted by Gasteiger charge is -2.11. The van der Waals surface area contributed by atoms with Crippen molar-refractivity contribution in [2.45, 2.75) is 6.54 Å². The second-order valence-electron chi connectivity index (χ2n) is 4.97. The van der Waals surface area contributed by atoms with Gasteiger partial charge in [-0.05, 0) is 18.2 Å². The lowest BCUT2D eigenvalue weighted by Crippen LogP contribution is -2.29. The standard InChI is InChI=1S/C15H7N3O4/c19-12-11-10(17-13(12)20)5-7(16-11)6-18-14(21)8-3-1-2-4-9(8)15(18)22/h1-5H,6H2. The van der Waals surface area contributed by atoms with Crippen LogP contribution in [-0.2, 0) is 6.54 Å². The van der Waals surface area contributed by atoms with Crippen molar-refractivity contribution in [3.8, 4) is 11.4 Å². The summed E-state index contributed by atoms with van der Waals surface area (Å²) in [6, 6.07) is 8.00. The van der Waals surface area contributed by atoms with E-state index in [0.717, 1.165) is 4.90 Å². The van der Waals surface area contributed by atoms with Gasteiger partial charge in [-0.15, -0.1) is 0 Å². The highest BCUT2D eigenvalue weighted by molar-refractivity contribution is 6.21. The van der Waals surface area contributed by atoms with Gasteiger partial charge >= 0.3 is 5.56 Å². The topological polar surface area (TPSA) is 97.3 Å². The molecule has 0 saturated heterocycles. The van der Waals surface area contributed by atoms with Gasteiger partial charge in [-0.25, -0.2) is 9.97 Å². The van der Waals surface area contributed by atoms with Gasteiger partial charge < -0.3 is 0 Å². The fourth-order valence-corrected chi connectivity index (χ4v) is 2.60. The van der Waals surface area contributed by atoms with E-state index in [-0.39, 0.29) is 17.9 Å². The Kier molecular flexibility index (Phi) is 2.35. The van der Waals surface area contributed by atoms with Crippen LogP contribution in [0.3, 0.4) is 0 Å². The molecule has 3 aliphatic rings. The third-order valence-electron chi connectivity index (χ3n) is 3.63. The summed E-state index contributed by atoms with van der Waals surface area (Å²) in [5.41, 5.74) is -0.374. The molecule has 0 radical (unpaired) electrons. The van der Waals surface area contributed by atoms with Crippen molar-refractivity contribution < 1.29 is 9.59 Å². The van der Waals surface area contributed by atoms with Crippen LogP contribution in [0.2, 0.25) is 0 Å². The number of benzene rings is 1. The van der Waals surface area contributed by atoms with E-state index in [4.69, 9.17) is 0 Å². The van der Waals surface area contributed by atoms with E-state index in [9.17, 15) is 19.2 Å². The number of carbonyl (C=O) groups is 2. The summed E-state index contributed by atoms with van der Waals surface area (Å²) in [7, 11) is 0. The fourth-order valence-electron chi connectivity index (χ4n) is 2.60. The number of nitrogens with zero attached hydrogens (tertiary/aromatic N) is 3. The third-order valence-corrected chi connectivity index (χ3v) is 3.63. The first-order valence-corrected chi connectivity index (χ1v) is 6.48. The van der Waals surface area contributed by atoms with Gasteiger partial charge in [-0.2, -0.15) is 0 Å². The van der Waals surface area contributed by atoms with Crippen LogP contribution in [0, 0.1) is 0 Å². The Balaban J connectivity index is 1.71. The third kappa shape index (κ3) is 1.56. The van der Waals surface area contributed by atoms with Crippen LogP contribution in [0.1, 0.15) is 26.4 Å². The first kappa shape index (κ1) is 12.5. The van der Waals surface area contributed by atoms with Crippen molar-refractivity contribution in [1.29, 1.82) is 0 Å². The van der Waals surface area contributed by atoms with Crippen LogP contribution < -0.4 is 11.0 Å². The van der Waals surface area contributed by atoms with Crippen molar-refractivity contribution in [3.05, 3.63) is 67.7 Å². The second-order valence-corrected chi connectivity index (χ2v) is 4.97. The largest absolute Gasteiger partial charge is 0.320 e. The molecule has 22 heavy (non-hydrogen) atoms. The molecule has 2 amide bonds. The summed E-state index contributed by atoms with van der Waals surface area (Å²) in [5, 5.41) is 0. The zero-order valence-corrected chi connectivity index (χ0v) is 11.1. The Labute approximate surface area is 122 Å². The second kappa shape index (κ2) is 4.14. The highest BCUT2D eigenvalue weighted by Gasteiger charge is 2.35. The smallest absolute Gasteiger partial charge is 0.281 e. The molecule has 0 N–H and O–H groups in total. The van der Waals surface area contributed by atoms with Crippen LogP contribution in [-0.4, -0.2) is 26.7 Å². The summed E-state index contributed by atoms with van der Waals surface area (Å²) < 4.78 is 0. The first-order valence-electron chi connectivity index (χ1n) is 6.48. The molecule has 1 aromatic carbocycles. The molecule has 7 heteroatoms. The van der Waals surface area contributed by atoms with Crippen LogP contribution >= 0.6 is 0 Å². The van der Waals surface area contributed by atoms with Crippen molar-refractivity contribution in [3.63, 3.8) is 0 Å². The number of imide groups is 1. The summed E-state index contributed by atoms with van der Waals surface area (Å²) in [5.74, 6) is -0.800. The maximum absolute atomic E-state index is 12.2. The molecule has 4 rings (SSSR count). The lowest BCUT2D eigenvalue weighted by molar-refractivity contribution is 0.0640. The van der Waals surface area contributed by atoms with E-state index in [1.54, 1.807) is 24.3 Å². The number of hydrogen-bond acceptors (Lipinski definition) is 6. The van der Waals surface area contributed by atoms with Crippen molar-refractivity contribution in [2.75, 3.05) is 0 Å². The quantitative estimate of drug-likeness (QED) is 0.486. The lowest BCUT2D eigenvalue weighted by atomic mass is 10.1. The number of amides is 2. The van der Waals surface area contributed by atoms with Crippen LogP contribution in [0.4, 0.5) is 0 Å². The minimum absolute atomic E-state index is 0.0170. The van der Waals surface area contributed by atoms with Crippen molar-refractivity contribution in [2.24, 2.45) is 0 Å². The van der Waals surface area contributed by atoms with Gasteiger partial charge in [0.25, 0.3) is 17.2 Å². The van der Waals surface area contributed by atoms with Crippen LogP contribution in [0.15, 0.2) is 39.9 Å². The molecule has 0 saturated carbocycles. The predicted molar refractivity (Wildman–Crippen MR) is 74.2 cm³/mol. The molecule has 0 aromatic heterocycles.